The fourth-order valence-electron chi connectivity index (χ4n) is 3.68. The number of nitrogens with two attached hydrogens (primary N) is 1. The Kier molecular flexibility index (Phi) is 5.84. The Bertz CT molecular complexity index is 1140. The molecule has 1 aliphatic rings. The fraction of sp³-hybridized carbons (Fsp3) is 0.350. The Hall–Kier alpha value is -3.09. The van der Waals surface area contributed by atoms with Crippen molar-refractivity contribution in [2.75, 3.05) is 42.1 Å². The van der Waals surface area contributed by atoms with Gasteiger partial charge in [-0.2, -0.15) is 5.10 Å². The topological polar surface area (TPSA) is 121 Å². The second-order valence-electron chi connectivity index (χ2n) is 7.88. The lowest BCUT2D eigenvalue weighted by Crippen LogP contribution is -2.44. The van der Waals surface area contributed by atoms with Gasteiger partial charge in [0.05, 0.1) is 17.4 Å². The predicted molar refractivity (Wildman–Crippen MR) is 119 cm³/mol. The third-order valence-electron chi connectivity index (χ3n) is 5.10. The first-order valence-electron chi connectivity index (χ1n) is 9.88. The summed E-state index contributed by atoms with van der Waals surface area (Å²) in [4.78, 5) is 19.0. The number of nitrogens with zero attached hydrogens (tertiary/aromatic N) is 4. The van der Waals surface area contributed by atoms with Gasteiger partial charge in [-0.1, -0.05) is 17.4 Å². The maximum absolute atomic E-state index is 14.1. The van der Waals surface area contributed by atoms with Crippen LogP contribution in [0.3, 0.4) is 0 Å². The highest BCUT2D eigenvalue weighted by Gasteiger charge is 2.30. The van der Waals surface area contributed by atoms with E-state index in [1.165, 1.54) is 12.3 Å². The van der Waals surface area contributed by atoms with E-state index < -0.39 is 23.1 Å². The first-order chi connectivity index (χ1) is 15.2. The molecular formula is C20H23F2N7O2S. The zero-order valence-electron chi connectivity index (χ0n) is 17.5. The standard InChI is InChI=1S/C20H23F2N7O2S/c1-20(31)9-24-6-7-29(10-20)19-13(8-25-28(19)2)26-17(30)15-16(23)32-18(27-15)14-11(21)4-3-5-12(14)22/h3-5,8,24,31H,6-7,9-10,23H2,1-2H3,(H,26,30)/t20-/m1/s1. The maximum atomic E-state index is 14.1. The van der Waals surface area contributed by atoms with Crippen molar-refractivity contribution in [3.63, 3.8) is 0 Å². The number of hydrogen-bond donors (Lipinski definition) is 4. The van der Waals surface area contributed by atoms with Crippen LogP contribution >= 0.6 is 11.3 Å². The van der Waals surface area contributed by atoms with Crippen LogP contribution in [0.2, 0.25) is 0 Å². The van der Waals surface area contributed by atoms with Crippen LogP contribution in [-0.2, 0) is 7.05 Å². The van der Waals surface area contributed by atoms with Crippen molar-refractivity contribution in [3.8, 4) is 10.6 Å². The molecule has 4 rings (SSSR count). The zero-order chi connectivity index (χ0) is 23.0. The second-order valence-corrected chi connectivity index (χ2v) is 8.91. The molecule has 3 aromatic rings. The fourth-order valence-corrected chi connectivity index (χ4v) is 4.56. The molecule has 32 heavy (non-hydrogen) atoms. The smallest absolute Gasteiger partial charge is 0.277 e. The van der Waals surface area contributed by atoms with Crippen LogP contribution in [0, 0.1) is 11.6 Å². The molecule has 2 aromatic heterocycles. The van der Waals surface area contributed by atoms with Gasteiger partial charge in [0.2, 0.25) is 0 Å². The van der Waals surface area contributed by atoms with Gasteiger partial charge < -0.3 is 26.4 Å². The molecule has 1 amide bonds. The Labute approximate surface area is 186 Å². The number of amides is 1. The number of halogens is 2. The summed E-state index contributed by atoms with van der Waals surface area (Å²) in [6, 6.07) is 3.48. The number of aryl methyl sites for hydroxylation is 1. The summed E-state index contributed by atoms with van der Waals surface area (Å²) in [5, 5.41) is 20.7. The van der Waals surface area contributed by atoms with Gasteiger partial charge in [-0.3, -0.25) is 9.48 Å². The lowest BCUT2D eigenvalue weighted by Gasteiger charge is -2.30. The first kappa shape index (κ1) is 22.1. The monoisotopic (exact) mass is 463 g/mol. The number of thiazole rings is 1. The minimum absolute atomic E-state index is 0.0238. The molecule has 0 unspecified atom stereocenters. The number of nitrogen functional groups attached to an aromatic ring is 1. The van der Waals surface area contributed by atoms with E-state index in [4.69, 9.17) is 5.73 Å². The van der Waals surface area contributed by atoms with Gasteiger partial charge in [-0.05, 0) is 19.1 Å². The highest BCUT2D eigenvalue weighted by Crippen LogP contribution is 2.34. The number of nitrogens with one attached hydrogen (secondary N) is 2. The average molecular weight is 464 g/mol. The van der Waals surface area contributed by atoms with Crippen molar-refractivity contribution in [1.29, 1.82) is 0 Å². The van der Waals surface area contributed by atoms with Crippen molar-refractivity contribution in [2.45, 2.75) is 12.5 Å². The van der Waals surface area contributed by atoms with Crippen LogP contribution in [0.4, 0.5) is 25.3 Å². The molecule has 170 valence electrons. The first-order valence-corrected chi connectivity index (χ1v) is 10.7. The summed E-state index contributed by atoms with van der Waals surface area (Å²) in [5.41, 5.74) is 4.92. The molecule has 12 heteroatoms. The van der Waals surface area contributed by atoms with Gasteiger partial charge in [0.1, 0.15) is 27.3 Å². The predicted octanol–water partition coefficient (Wildman–Crippen LogP) is 1.82. The van der Waals surface area contributed by atoms with Crippen molar-refractivity contribution in [3.05, 3.63) is 41.7 Å². The van der Waals surface area contributed by atoms with Crippen LogP contribution in [0.5, 0.6) is 0 Å². The van der Waals surface area contributed by atoms with Gasteiger partial charge in [-0.15, -0.1) is 0 Å². The Morgan fingerprint density at radius 1 is 1.38 bits per heavy atom. The summed E-state index contributed by atoms with van der Waals surface area (Å²) in [6.45, 7) is 3.73. The van der Waals surface area contributed by atoms with E-state index in [0.29, 0.717) is 37.7 Å². The van der Waals surface area contributed by atoms with Gasteiger partial charge in [0.25, 0.3) is 5.91 Å². The number of aromatic nitrogens is 3. The molecular weight excluding hydrogens is 440 g/mol. The quantitative estimate of drug-likeness (QED) is 0.466. The Morgan fingerprint density at radius 3 is 2.81 bits per heavy atom. The van der Waals surface area contributed by atoms with Gasteiger partial charge in [0.15, 0.2) is 11.5 Å². The molecule has 9 nitrogen and oxygen atoms in total. The van der Waals surface area contributed by atoms with E-state index in [2.05, 4.69) is 20.7 Å². The van der Waals surface area contributed by atoms with Crippen molar-refractivity contribution < 1.29 is 18.7 Å². The molecule has 1 saturated heterocycles. The number of anilines is 3. The third-order valence-corrected chi connectivity index (χ3v) is 6.00. The summed E-state index contributed by atoms with van der Waals surface area (Å²) in [6.07, 6.45) is 1.49. The number of rotatable bonds is 4. The molecule has 5 N–H and O–H groups in total. The van der Waals surface area contributed by atoms with E-state index in [9.17, 15) is 18.7 Å². The average Bonchev–Trinajstić information content (AvgIpc) is 3.20. The van der Waals surface area contributed by atoms with Crippen LogP contribution in [-0.4, -0.2) is 57.6 Å². The molecule has 0 spiro atoms. The SMILES string of the molecule is Cn1ncc(NC(=O)c2nc(-c3c(F)cccc3F)sc2N)c1N1CCNC[C@@](C)(O)C1. The third kappa shape index (κ3) is 4.29. The van der Waals surface area contributed by atoms with E-state index in [0.717, 1.165) is 23.5 Å². The number of carbonyl (C=O) groups excluding carboxylic acids is 1. The summed E-state index contributed by atoms with van der Waals surface area (Å²) in [7, 11) is 1.73. The summed E-state index contributed by atoms with van der Waals surface area (Å²) >= 11 is 0.828. The molecule has 1 aromatic carbocycles. The van der Waals surface area contributed by atoms with E-state index in [1.54, 1.807) is 18.7 Å². The van der Waals surface area contributed by atoms with E-state index in [1.807, 2.05) is 4.90 Å². The molecule has 0 radical (unpaired) electrons. The molecule has 1 fully saturated rings. The zero-order valence-corrected chi connectivity index (χ0v) is 18.3. The van der Waals surface area contributed by atoms with E-state index in [-0.39, 0.29) is 21.3 Å². The second kappa shape index (κ2) is 8.45. The van der Waals surface area contributed by atoms with Crippen molar-refractivity contribution in [1.82, 2.24) is 20.1 Å². The largest absolute Gasteiger partial charge is 0.389 e. The van der Waals surface area contributed by atoms with Crippen LogP contribution in [0.1, 0.15) is 17.4 Å². The molecule has 0 aliphatic carbocycles. The highest BCUT2D eigenvalue weighted by atomic mass is 32.1. The van der Waals surface area contributed by atoms with Gasteiger partial charge >= 0.3 is 0 Å². The van der Waals surface area contributed by atoms with Crippen LogP contribution < -0.4 is 21.3 Å². The van der Waals surface area contributed by atoms with Gasteiger partial charge in [-0.25, -0.2) is 13.8 Å². The van der Waals surface area contributed by atoms with Crippen LogP contribution in [0.15, 0.2) is 24.4 Å². The Balaban J connectivity index is 1.62. The summed E-state index contributed by atoms with van der Waals surface area (Å²) in [5.74, 6) is -1.60. The maximum Gasteiger partial charge on any atom is 0.277 e. The van der Waals surface area contributed by atoms with Crippen LogP contribution in [0.25, 0.3) is 10.6 Å². The molecule has 0 bridgehead atoms. The number of benzene rings is 1. The van der Waals surface area contributed by atoms with Crippen molar-refractivity contribution in [2.24, 2.45) is 7.05 Å². The number of aliphatic hydroxyl groups is 1. The molecule has 1 aliphatic heterocycles. The molecule has 0 saturated carbocycles. The van der Waals surface area contributed by atoms with E-state index >= 15 is 0 Å². The lowest BCUT2D eigenvalue weighted by molar-refractivity contribution is 0.0727. The number of hydrogen-bond acceptors (Lipinski definition) is 8. The number of β-amino-alcohol motifs (C(OH)–C–C–N with tert-alkyl or cyclic N) is 1. The summed E-state index contributed by atoms with van der Waals surface area (Å²) < 4.78 is 29.9. The Morgan fingerprint density at radius 2 is 2.09 bits per heavy atom. The minimum Gasteiger partial charge on any atom is -0.389 e. The normalized spacial score (nSPS) is 19.1. The number of carbonyl (C=O) groups is 1. The molecule has 3 heterocycles. The van der Waals surface area contributed by atoms with Crippen molar-refractivity contribution >= 4 is 33.8 Å². The lowest BCUT2D eigenvalue weighted by atomic mass is 10.1. The van der Waals surface area contributed by atoms with Gasteiger partial charge in [0, 0.05) is 33.2 Å². The minimum atomic E-state index is -0.972. The molecule has 1 atom stereocenters. The highest BCUT2D eigenvalue weighted by molar-refractivity contribution is 7.19.